The number of hydrogen-bond donors (Lipinski definition) is 1. The van der Waals surface area contributed by atoms with Gasteiger partial charge < -0.3 is 5.32 Å². The van der Waals surface area contributed by atoms with E-state index in [1.54, 1.807) is 28.1 Å². The maximum Gasteiger partial charge on any atom is 0.271 e. The summed E-state index contributed by atoms with van der Waals surface area (Å²) in [7, 11) is 0. The molecule has 0 radical (unpaired) electrons. The Labute approximate surface area is 123 Å². The van der Waals surface area contributed by atoms with Crippen molar-refractivity contribution >= 4 is 22.8 Å². The molecule has 3 heterocycles. The molecule has 0 aliphatic rings. The summed E-state index contributed by atoms with van der Waals surface area (Å²) in [6.45, 7) is -0.682. The molecule has 0 bridgehead atoms. The number of thiophene rings is 1. The van der Waals surface area contributed by atoms with Crippen molar-refractivity contribution in [1.82, 2.24) is 14.9 Å². The quantitative estimate of drug-likeness (QED) is 0.805. The van der Waals surface area contributed by atoms with E-state index < -0.39 is 18.9 Å². The van der Waals surface area contributed by atoms with E-state index in [0.29, 0.717) is 0 Å². The fraction of sp³-hybridized carbons (Fsp3) is 0.143. The van der Waals surface area contributed by atoms with Gasteiger partial charge in [-0.1, -0.05) is 6.07 Å². The second-order valence-corrected chi connectivity index (χ2v) is 5.31. The lowest BCUT2D eigenvalue weighted by atomic mass is 10.2. The monoisotopic (exact) mass is 307 g/mol. The second kappa shape index (κ2) is 5.61. The number of nitrogens with one attached hydrogen (secondary N) is 1. The van der Waals surface area contributed by atoms with E-state index in [1.165, 1.54) is 0 Å². The third kappa shape index (κ3) is 2.78. The molecule has 7 heteroatoms. The third-order valence-electron chi connectivity index (χ3n) is 2.94. The molecular weight excluding hydrogens is 296 g/mol. The fourth-order valence-electron chi connectivity index (χ4n) is 2.03. The summed E-state index contributed by atoms with van der Waals surface area (Å²) in [6.07, 6.45) is -0.864. The third-order valence-corrected chi connectivity index (χ3v) is 3.84. The largest absolute Gasteiger partial charge is 0.345 e. The molecule has 0 aromatic carbocycles. The van der Waals surface area contributed by atoms with E-state index >= 15 is 0 Å². The van der Waals surface area contributed by atoms with E-state index in [9.17, 15) is 13.6 Å². The molecule has 0 fully saturated rings. The van der Waals surface area contributed by atoms with Crippen molar-refractivity contribution in [3.05, 3.63) is 47.6 Å². The molecule has 21 heavy (non-hydrogen) atoms. The van der Waals surface area contributed by atoms with Crippen molar-refractivity contribution in [2.75, 3.05) is 6.54 Å². The number of alkyl halides is 2. The molecule has 0 aliphatic carbocycles. The number of nitrogens with zero attached hydrogens (tertiary/aromatic N) is 2. The van der Waals surface area contributed by atoms with Gasteiger partial charge in [-0.25, -0.2) is 13.3 Å². The van der Waals surface area contributed by atoms with Crippen LogP contribution >= 0.6 is 11.3 Å². The number of hydrogen-bond acceptors (Lipinski definition) is 3. The normalized spacial score (nSPS) is 11.2. The predicted octanol–water partition coefficient (Wildman–Crippen LogP) is 3.06. The molecule has 3 rings (SSSR count). The molecule has 0 spiro atoms. The molecule has 1 N–H and O–H groups in total. The Morgan fingerprint density at radius 1 is 1.38 bits per heavy atom. The highest BCUT2D eigenvalue weighted by molar-refractivity contribution is 7.13. The van der Waals surface area contributed by atoms with E-state index in [0.717, 1.165) is 16.0 Å². The lowest BCUT2D eigenvalue weighted by molar-refractivity contribution is 0.0885. The van der Waals surface area contributed by atoms with Gasteiger partial charge in [-0.2, -0.15) is 5.10 Å². The van der Waals surface area contributed by atoms with Crippen LogP contribution in [0.15, 0.2) is 41.9 Å². The Bertz CT molecular complexity index is 768. The highest BCUT2D eigenvalue weighted by atomic mass is 32.1. The summed E-state index contributed by atoms with van der Waals surface area (Å²) in [6, 6.07) is 9.19. The maximum atomic E-state index is 12.2. The van der Waals surface area contributed by atoms with Crippen LogP contribution in [0.1, 0.15) is 10.5 Å². The van der Waals surface area contributed by atoms with E-state index in [1.807, 2.05) is 29.6 Å². The summed E-state index contributed by atoms with van der Waals surface area (Å²) >= 11 is 1.54. The topological polar surface area (TPSA) is 46.4 Å². The van der Waals surface area contributed by atoms with Gasteiger partial charge in [0.15, 0.2) is 0 Å². The van der Waals surface area contributed by atoms with Crippen LogP contribution in [0.2, 0.25) is 0 Å². The zero-order valence-electron chi connectivity index (χ0n) is 10.8. The number of halogens is 2. The molecule has 0 atom stereocenters. The Balaban J connectivity index is 2.02. The Morgan fingerprint density at radius 3 is 2.95 bits per heavy atom. The molecule has 0 saturated carbocycles. The highest BCUT2D eigenvalue weighted by Gasteiger charge is 2.15. The lowest BCUT2D eigenvalue weighted by Gasteiger charge is -2.07. The summed E-state index contributed by atoms with van der Waals surface area (Å²) in [4.78, 5) is 12.9. The van der Waals surface area contributed by atoms with Gasteiger partial charge in [0, 0.05) is 16.6 Å². The number of amides is 1. The Morgan fingerprint density at radius 2 is 2.24 bits per heavy atom. The van der Waals surface area contributed by atoms with Crippen LogP contribution in [-0.4, -0.2) is 28.5 Å². The van der Waals surface area contributed by atoms with Gasteiger partial charge in [-0.15, -0.1) is 11.3 Å². The zero-order chi connectivity index (χ0) is 14.8. The van der Waals surface area contributed by atoms with Crippen molar-refractivity contribution in [2.45, 2.75) is 6.43 Å². The Hall–Kier alpha value is -2.28. The summed E-state index contributed by atoms with van der Waals surface area (Å²) in [5.74, 6) is -0.608. The molecule has 3 aromatic rings. The van der Waals surface area contributed by atoms with Gasteiger partial charge in [0.2, 0.25) is 0 Å². The smallest absolute Gasteiger partial charge is 0.271 e. The number of fused-ring (bicyclic) bond motifs is 1. The van der Waals surface area contributed by atoms with Crippen molar-refractivity contribution < 1.29 is 13.6 Å². The number of rotatable bonds is 4. The molecule has 0 aliphatic heterocycles. The molecule has 4 nitrogen and oxygen atoms in total. The van der Waals surface area contributed by atoms with Crippen LogP contribution < -0.4 is 5.32 Å². The van der Waals surface area contributed by atoms with Gasteiger partial charge in [0.1, 0.15) is 5.69 Å². The SMILES string of the molecule is O=C(NCC(F)F)c1cc(-c2cccs2)c2cccn2n1. The molecule has 0 saturated heterocycles. The van der Waals surface area contributed by atoms with Crippen molar-refractivity contribution in [3.8, 4) is 10.4 Å². The van der Waals surface area contributed by atoms with Crippen LogP contribution in [0, 0.1) is 0 Å². The molecule has 0 unspecified atom stereocenters. The minimum Gasteiger partial charge on any atom is -0.345 e. The predicted molar refractivity (Wildman–Crippen MR) is 76.8 cm³/mol. The fourth-order valence-corrected chi connectivity index (χ4v) is 2.78. The number of aromatic nitrogens is 2. The second-order valence-electron chi connectivity index (χ2n) is 4.36. The first kappa shape index (κ1) is 13.7. The van der Waals surface area contributed by atoms with Gasteiger partial charge >= 0.3 is 0 Å². The van der Waals surface area contributed by atoms with Gasteiger partial charge in [-0.05, 0) is 29.6 Å². The van der Waals surface area contributed by atoms with Gasteiger partial charge in [-0.3, -0.25) is 4.79 Å². The summed E-state index contributed by atoms with van der Waals surface area (Å²) in [5, 5.41) is 8.25. The first-order valence-corrected chi connectivity index (χ1v) is 7.12. The summed E-state index contributed by atoms with van der Waals surface area (Å²) in [5.41, 5.74) is 1.83. The van der Waals surface area contributed by atoms with Crippen LogP contribution in [0.5, 0.6) is 0 Å². The molecular formula is C14H11F2N3OS. The van der Waals surface area contributed by atoms with E-state index in [4.69, 9.17) is 0 Å². The average Bonchev–Trinajstić information content (AvgIpc) is 3.14. The highest BCUT2D eigenvalue weighted by Crippen LogP contribution is 2.29. The van der Waals surface area contributed by atoms with Gasteiger partial charge in [0.25, 0.3) is 12.3 Å². The summed E-state index contributed by atoms with van der Waals surface area (Å²) < 4.78 is 25.9. The van der Waals surface area contributed by atoms with Crippen LogP contribution in [0.3, 0.4) is 0 Å². The number of carbonyl (C=O) groups is 1. The van der Waals surface area contributed by atoms with Crippen LogP contribution in [-0.2, 0) is 0 Å². The van der Waals surface area contributed by atoms with E-state index in [-0.39, 0.29) is 5.69 Å². The minimum atomic E-state index is -2.58. The minimum absolute atomic E-state index is 0.114. The number of carbonyl (C=O) groups excluding carboxylic acids is 1. The maximum absolute atomic E-state index is 12.2. The standard InChI is InChI=1S/C14H11F2N3OS/c15-13(16)8-17-14(20)10-7-9(12-4-2-6-21-12)11-3-1-5-19(11)18-10/h1-7,13H,8H2,(H,17,20). The first-order valence-electron chi connectivity index (χ1n) is 6.24. The van der Waals surface area contributed by atoms with Crippen molar-refractivity contribution in [2.24, 2.45) is 0 Å². The first-order chi connectivity index (χ1) is 10.1. The molecule has 3 aromatic heterocycles. The van der Waals surface area contributed by atoms with Crippen molar-refractivity contribution in [3.63, 3.8) is 0 Å². The van der Waals surface area contributed by atoms with E-state index in [2.05, 4.69) is 10.4 Å². The average molecular weight is 307 g/mol. The van der Waals surface area contributed by atoms with Gasteiger partial charge in [0.05, 0.1) is 12.1 Å². The Kier molecular flexibility index (Phi) is 3.66. The van der Waals surface area contributed by atoms with Crippen molar-refractivity contribution in [1.29, 1.82) is 0 Å². The zero-order valence-corrected chi connectivity index (χ0v) is 11.6. The van der Waals surface area contributed by atoms with Crippen LogP contribution in [0.4, 0.5) is 8.78 Å². The molecule has 108 valence electrons. The molecule has 1 amide bonds. The lowest BCUT2D eigenvalue weighted by Crippen LogP contribution is -2.29. The van der Waals surface area contributed by atoms with Crippen LogP contribution in [0.25, 0.3) is 16.0 Å².